The van der Waals surface area contributed by atoms with Crippen LogP contribution in [0, 0.1) is 28.9 Å². The number of rotatable bonds is 3. The third kappa shape index (κ3) is 3.78. The van der Waals surface area contributed by atoms with Crippen LogP contribution in [0.4, 0.5) is 8.78 Å². The van der Waals surface area contributed by atoms with Gasteiger partial charge in [-0.05, 0) is 49.3 Å². The maximum absolute atomic E-state index is 13.1. The van der Waals surface area contributed by atoms with Gasteiger partial charge in [0.15, 0.2) is 11.6 Å². The summed E-state index contributed by atoms with van der Waals surface area (Å²) in [5, 5.41) is 12.1. The highest BCUT2D eigenvalue weighted by Gasteiger charge is 2.35. The van der Waals surface area contributed by atoms with Gasteiger partial charge in [-0.2, -0.15) is 5.26 Å². The maximum Gasteiger partial charge on any atom is 0.225 e. The monoisotopic (exact) mass is 292 g/mol. The third-order valence-corrected chi connectivity index (χ3v) is 4.07. The van der Waals surface area contributed by atoms with Crippen LogP contribution in [0.3, 0.4) is 0 Å². The fourth-order valence-corrected chi connectivity index (χ4v) is 2.67. The van der Waals surface area contributed by atoms with Crippen LogP contribution in [0.2, 0.25) is 0 Å². The summed E-state index contributed by atoms with van der Waals surface area (Å²) in [6.45, 7) is 2.13. The highest BCUT2D eigenvalue weighted by atomic mass is 19.2. The molecule has 1 aromatic rings. The molecule has 0 unspecified atom stereocenters. The van der Waals surface area contributed by atoms with E-state index >= 15 is 0 Å². The molecule has 1 aliphatic carbocycles. The van der Waals surface area contributed by atoms with E-state index in [2.05, 4.69) is 18.3 Å². The number of hydrogen-bond acceptors (Lipinski definition) is 2. The van der Waals surface area contributed by atoms with Gasteiger partial charge in [-0.15, -0.1) is 0 Å². The number of nitriles is 1. The Morgan fingerprint density at radius 2 is 2.05 bits per heavy atom. The lowest BCUT2D eigenvalue weighted by atomic mass is 9.78. The highest BCUT2D eigenvalue weighted by Crippen LogP contribution is 2.31. The minimum atomic E-state index is -0.971. The number of carbonyl (C=O) groups is 1. The number of hydrogen-bond donors (Lipinski definition) is 1. The molecule has 1 aliphatic rings. The summed E-state index contributed by atoms with van der Waals surface area (Å²) in [7, 11) is 0. The van der Waals surface area contributed by atoms with Gasteiger partial charge in [0.25, 0.3) is 0 Å². The predicted molar refractivity (Wildman–Crippen MR) is 74.2 cm³/mol. The molecule has 112 valence electrons. The van der Waals surface area contributed by atoms with E-state index in [9.17, 15) is 18.8 Å². The second kappa shape index (κ2) is 6.21. The van der Waals surface area contributed by atoms with Crippen LogP contribution < -0.4 is 5.32 Å². The fourth-order valence-electron chi connectivity index (χ4n) is 2.67. The molecule has 5 heteroatoms. The van der Waals surface area contributed by atoms with Gasteiger partial charge >= 0.3 is 0 Å². The average Bonchev–Trinajstić information content (AvgIpc) is 2.46. The molecule has 0 radical (unpaired) electrons. The molecule has 21 heavy (non-hydrogen) atoms. The van der Waals surface area contributed by atoms with Crippen LogP contribution in [0.5, 0.6) is 0 Å². The zero-order valence-electron chi connectivity index (χ0n) is 12.0. The van der Waals surface area contributed by atoms with Crippen molar-refractivity contribution in [3.63, 3.8) is 0 Å². The summed E-state index contributed by atoms with van der Waals surface area (Å²) >= 11 is 0. The van der Waals surface area contributed by atoms with Crippen molar-refractivity contribution in [1.29, 1.82) is 5.26 Å². The van der Waals surface area contributed by atoms with Crippen LogP contribution in [0.15, 0.2) is 18.2 Å². The van der Waals surface area contributed by atoms with E-state index in [0.29, 0.717) is 24.3 Å². The zero-order chi connectivity index (χ0) is 15.5. The van der Waals surface area contributed by atoms with E-state index in [1.807, 2.05) is 0 Å². The Hall–Kier alpha value is -1.96. The first kappa shape index (κ1) is 15.4. The Morgan fingerprint density at radius 3 is 2.62 bits per heavy atom. The topological polar surface area (TPSA) is 52.9 Å². The zero-order valence-corrected chi connectivity index (χ0v) is 12.0. The van der Waals surface area contributed by atoms with Crippen molar-refractivity contribution in [1.82, 2.24) is 5.32 Å². The number of carbonyl (C=O) groups excluding carboxylic acids is 1. The smallest absolute Gasteiger partial charge is 0.225 e. The fraction of sp³-hybridized carbons (Fsp3) is 0.500. The normalized spacial score (nSPS) is 25.1. The molecular weight excluding hydrogens is 274 g/mol. The van der Waals surface area contributed by atoms with Gasteiger partial charge in [-0.1, -0.05) is 13.0 Å². The summed E-state index contributed by atoms with van der Waals surface area (Å²) in [5.41, 5.74) is -0.425. The van der Waals surface area contributed by atoms with Crippen LogP contribution in [0.1, 0.15) is 38.2 Å². The van der Waals surface area contributed by atoms with Crippen molar-refractivity contribution in [2.45, 2.75) is 44.6 Å². The quantitative estimate of drug-likeness (QED) is 0.930. The van der Waals surface area contributed by atoms with Crippen LogP contribution in [0.25, 0.3) is 0 Å². The Balaban J connectivity index is 2.00. The molecule has 2 rings (SSSR count). The molecule has 1 N–H and O–H groups in total. The Labute approximate surface area is 123 Å². The minimum Gasteiger partial charge on any atom is -0.338 e. The molecule has 0 bridgehead atoms. The van der Waals surface area contributed by atoms with Gasteiger partial charge in [-0.25, -0.2) is 8.78 Å². The first-order chi connectivity index (χ1) is 9.94. The molecule has 0 spiro atoms. The molecule has 1 aromatic carbocycles. The number of nitrogens with one attached hydrogen (secondary N) is 1. The molecule has 0 aliphatic heterocycles. The van der Waals surface area contributed by atoms with Crippen molar-refractivity contribution >= 4 is 5.91 Å². The Kier molecular flexibility index (Phi) is 4.56. The van der Waals surface area contributed by atoms with E-state index in [0.717, 1.165) is 25.0 Å². The summed E-state index contributed by atoms with van der Waals surface area (Å²) in [5.74, 6) is -1.68. The number of benzene rings is 1. The molecule has 0 aromatic heterocycles. The largest absolute Gasteiger partial charge is 0.338 e. The Bertz CT molecular complexity index is 572. The van der Waals surface area contributed by atoms with Crippen LogP contribution in [-0.4, -0.2) is 11.4 Å². The second-order valence-electron chi connectivity index (χ2n) is 5.85. The highest BCUT2D eigenvalue weighted by molar-refractivity contribution is 5.79. The first-order valence-electron chi connectivity index (χ1n) is 7.10. The van der Waals surface area contributed by atoms with E-state index in [1.54, 1.807) is 0 Å². The summed E-state index contributed by atoms with van der Waals surface area (Å²) in [4.78, 5) is 12.0. The van der Waals surface area contributed by atoms with Gasteiger partial charge in [-0.3, -0.25) is 4.79 Å². The van der Waals surface area contributed by atoms with E-state index < -0.39 is 17.2 Å². The summed E-state index contributed by atoms with van der Waals surface area (Å²) in [6, 6.07) is 5.60. The van der Waals surface area contributed by atoms with Gasteiger partial charge < -0.3 is 5.32 Å². The molecule has 1 saturated carbocycles. The standard InChI is InChI=1S/C16H18F2N2O/c1-11-4-6-16(10-19,7-5-11)20-15(21)9-12-2-3-13(17)14(18)8-12/h2-3,8,11H,4-7,9H2,1H3,(H,20,21). The van der Waals surface area contributed by atoms with E-state index in [1.165, 1.54) is 6.07 Å². The van der Waals surface area contributed by atoms with Crippen molar-refractivity contribution in [2.24, 2.45) is 5.92 Å². The SMILES string of the molecule is CC1CCC(C#N)(NC(=O)Cc2ccc(F)c(F)c2)CC1. The predicted octanol–water partition coefficient (Wildman–Crippen LogP) is 3.10. The lowest BCUT2D eigenvalue weighted by Gasteiger charge is -2.34. The van der Waals surface area contributed by atoms with Gasteiger partial charge in [0.2, 0.25) is 5.91 Å². The maximum atomic E-state index is 13.1. The molecule has 0 atom stereocenters. The van der Waals surface area contributed by atoms with Crippen LogP contribution in [-0.2, 0) is 11.2 Å². The third-order valence-electron chi connectivity index (χ3n) is 4.07. The van der Waals surface area contributed by atoms with Crippen molar-refractivity contribution in [3.05, 3.63) is 35.4 Å². The number of amides is 1. The first-order valence-corrected chi connectivity index (χ1v) is 7.10. The van der Waals surface area contributed by atoms with E-state index in [4.69, 9.17) is 0 Å². The molecule has 0 heterocycles. The van der Waals surface area contributed by atoms with Gasteiger partial charge in [0.05, 0.1) is 12.5 Å². The molecule has 3 nitrogen and oxygen atoms in total. The van der Waals surface area contributed by atoms with Gasteiger partial charge in [0, 0.05) is 0 Å². The molecule has 1 fully saturated rings. The lowest BCUT2D eigenvalue weighted by molar-refractivity contribution is -0.122. The molecule has 0 saturated heterocycles. The molecular formula is C16H18F2N2O. The lowest BCUT2D eigenvalue weighted by Crippen LogP contribution is -2.50. The van der Waals surface area contributed by atoms with Crippen molar-refractivity contribution < 1.29 is 13.6 Å². The number of nitrogens with zero attached hydrogens (tertiary/aromatic N) is 1. The average molecular weight is 292 g/mol. The number of halogens is 2. The molecule has 1 amide bonds. The second-order valence-corrected chi connectivity index (χ2v) is 5.85. The minimum absolute atomic E-state index is 0.0593. The Morgan fingerprint density at radius 1 is 1.38 bits per heavy atom. The summed E-state index contributed by atoms with van der Waals surface area (Å²) in [6.07, 6.45) is 3.01. The van der Waals surface area contributed by atoms with Crippen LogP contribution >= 0.6 is 0 Å². The summed E-state index contributed by atoms with van der Waals surface area (Å²) < 4.78 is 26.0. The van der Waals surface area contributed by atoms with E-state index in [-0.39, 0.29) is 12.3 Å². The van der Waals surface area contributed by atoms with Crippen molar-refractivity contribution in [2.75, 3.05) is 0 Å². The van der Waals surface area contributed by atoms with Crippen molar-refractivity contribution in [3.8, 4) is 6.07 Å². The van der Waals surface area contributed by atoms with Gasteiger partial charge in [0.1, 0.15) is 5.54 Å².